The van der Waals surface area contributed by atoms with Gasteiger partial charge >= 0.3 is 0 Å². The van der Waals surface area contributed by atoms with Gasteiger partial charge in [-0.2, -0.15) is 4.68 Å². The van der Waals surface area contributed by atoms with Crippen LogP contribution in [0.4, 0.5) is 0 Å². The number of benzene rings is 2. The van der Waals surface area contributed by atoms with Gasteiger partial charge in [0.1, 0.15) is 11.5 Å². The van der Waals surface area contributed by atoms with E-state index in [9.17, 15) is 0 Å². The van der Waals surface area contributed by atoms with E-state index in [0.29, 0.717) is 11.4 Å². The van der Waals surface area contributed by atoms with Gasteiger partial charge in [0.2, 0.25) is 4.77 Å². The van der Waals surface area contributed by atoms with Gasteiger partial charge in [-0.3, -0.25) is 4.57 Å². The molecule has 0 spiro atoms. The lowest BCUT2D eigenvalue weighted by Gasteiger charge is -2.11. The highest BCUT2D eigenvalue weighted by Crippen LogP contribution is 2.26. The van der Waals surface area contributed by atoms with E-state index < -0.39 is 0 Å². The largest absolute Gasteiger partial charge is 0.497 e. The van der Waals surface area contributed by atoms with Gasteiger partial charge < -0.3 is 14.4 Å². The fourth-order valence-electron chi connectivity index (χ4n) is 3.80. The molecule has 0 saturated carbocycles. The number of nitrogens with zero attached hydrogens (tertiary/aromatic N) is 3. The minimum Gasteiger partial charge on any atom is -0.497 e. The molecule has 1 aliphatic heterocycles. The van der Waals surface area contributed by atoms with Gasteiger partial charge in [-0.15, -0.1) is 5.10 Å². The van der Waals surface area contributed by atoms with E-state index >= 15 is 0 Å². The highest BCUT2D eigenvalue weighted by molar-refractivity contribution is 7.71. The van der Waals surface area contributed by atoms with Crippen LogP contribution in [0.15, 0.2) is 48.5 Å². The summed E-state index contributed by atoms with van der Waals surface area (Å²) in [6.07, 6.45) is 2.54. The second kappa shape index (κ2) is 8.80. The Morgan fingerprint density at radius 1 is 1.07 bits per heavy atom. The predicted molar refractivity (Wildman–Crippen MR) is 115 cm³/mol. The van der Waals surface area contributed by atoms with Crippen LogP contribution in [0, 0.1) is 4.77 Å². The summed E-state index contributed by atoms with van der Waals surface area (Å²) in [5.74, 6) is 2.46. The maximum absolute atomic E-state index is 5.86. The lowest BCUT2D eigenvalue weighted by atomic mass is 10.2. The Kier molecular flexibility index (Phi) is 5.97. The summed E-state index contributed by atoms with van der Waals surface area (Å²) < 4.78 is 15.7. The molecule has 0 radical (unpaired) electrons. The van der Waals surface area contributed by atoms with Crippen molar-refractivity contribution in [2.45, 2.75) is 26.4 Å². The van der Waals surface area contributed by atoms with Crippen LogP contribution in [-0.4, -0.2) is 41.2 Å². The van der Waals surface area contributed by atoms with Crippen molar-refractivity contribution in [2.75, 3.05) is 26.8 Å². The molecule has 2 heterocycles. The average molecular weight is 412 g/mol. The number of methoxy groups -OCH3 is 1. The summed E-state index contributed by atoms with van der Waals surface area (Å²) in [6.45, 7) is 5.76. The predicted octanol–water partition coefficient (Wildman–Crippen LogP) is 3.11. The van der Waals surface area contributed by atoms with Gasteiger partial charge in [-0.1, -0.05) is 12.1 Å². The number of hydrogen-bond donors (Lipinski definition) is 1. The molecule has 1 aromatic heterocycles. The Morgan fingerprint density at radius 3 is 2.52 bits per heavy atom. The van der Waals surface area contributed by atoms with Crippen molar-refractivity contribution >= 4 is 12.2 Å². The lowest BCUT2D eigenvalue weighted by molar-refractivity contribution is -0.911. The Bertz CT molecular complexity index is 1020. The zero-order valence-corrected chi connectivity index (χ0v) is 17.7. The second-order valence-electron chi connectivity index (χ2n) is 7.22. The maximum atomic E-state index is 5.86. The van der Waals surface area contributed by atoms with Crippen molar-refractivity contribution in [3.05, 3.63) is 53.3 Å². The molecule has 2 aromatic carbocycles. The van der Waals surface area contributed by atoms with Crippen molar-refractivity contribution < 1.29 is 14.4 Å². The van der Waals surface area contributed by atoms with Crippen molar-refractivity contribution in [3.63, 3.8) is 0 Å². The topological polar surface area (TPSA) is 45.6 Å². The fourth-order valence-corrected chi connectivity index (χ4v) is 4.09. The first-order valence-corrected chi connectivity index (χ1v) is 10.5. The Balaban J connectivity index is 1.80. The van der Waals surface area contributed by atoms with Gasteiger partial charge in [0.05, 0.1) is 32.5 Å². The molecule has 152 valence electrons. The smallest absolute Gasteiger partial charge is 0.207 e. The molecule has 29 heavy (non-hydrogen) atoms. The quantitative estimate of drug-likeness (QED) is 0.607. The molecule has 7 heteroatoms. The van der Waals surface area contributed by atoms with Gasteiger partial charge in [0, 0.05) is 18.4 Å². The highest BCUT2D eigenvalue weighted by Gasteiger charge is 2.20. The van der Waals surface area contributed by atoms with Gasteiger partial charge in [-0.05, 0) is 55.5 Å². The van der Waals surface area contributed by atoms with E-state index in [2.05, 4.69) is 0 Å². The Hall–Kier alpha value is -2.64. The van der Waals surface area contributed by atoms with Crippen LogP contribution in [0.3, 0.4) is 0 Å². The number of quaternary nitrogens is 1. The van der Waals surface area contributed by atoms with Crippen molar-refractivity contribution in [2.24, 2.45) is 0 Å². The first-order chi connectivity index (χ1) is 14.2. The zero-order chi connectivity index (χ0) is 20.2. The number of rotatable bonds is 7. The first kappa shape index (κ1) is 19.7. The standard InChI is InChI=1S/C22H26N4O2S/c1-3-28-19-11-9-18(10-12-19)26-21(17-7-6-8-20(15-17)27-2)23-25(22(26)29)16-24-13-4-5-14-24/h6-12,15H,3-5,13-14,16H2,1-2H3/p+1. The van der Waals surface area contributed by atoms with E-state index in [4.69, 9.17) is 26.8 Å². The van der Waals surface area contributed by atoms with Crippen molar-refractivity contribution in [1.29, 1.82) is 0 Å². The van der Waals surface area contributed by atoms with Crippen LogP contribution in [0.1, 0.15) is 19.8 Å². The van der Waals surface area contributed by atoms with Crippen LogP contribution in [0.25, 0.3) is 17.1 Å². The average Bonchev–Trinajstić information content (AvgIpc) is 3.38. The zero-order valence-electron chi connectivity index (χ0n) is 16.9. The lowest BCUT2D eigenvalue weighted by Crippen LogP contribution is -3.09. The van der Waals surface area contributed by atoms with E-state index in [-0.39, 0.29) is 0 Å². The Labute approximate surface area is 176 Å². The summed E-state index contributed by atoms with van der Waals surface area (Å²) >= 11 is 5.86. The molecular formula is C22H27N4O2S+. The third-order valence-corrected chi connectivity index (χ3v) is 5.65. The molecule has 1 fully saturated rings. The van der Waals surface area contributed by atoms with Crippen LogP contribution < -0.4 is 14.4 Å². The highest BCUT2D eigenvalue weighted by atomic mass is 32.1. The molecule has 0 amide bonds. The van der Waals surface area contributed by atoms with Crippen LogP contribution in [0.5, 0.6) is 11.5 Å². The molecule has 1 aliphatic rings. The van der Waals surface area contributed by atoms with Crippen LogP contribution in [0.2, 0.25) is 0 Å². The van der Waals surface area contributed by atoms with Crippen LogP contribution in [-0.2, 0) is 6.67 Å². The molecule has 0 atom stereocenters. The van der Waals surface area contributed by atoms with E-state index in [1.807, 2.05) is 64.7 Å². The Morgan fingerprint density at radius 2 is 1.83 bits per heavy atom. The summed E-state index contributed by atoms with van der Waals surface area (Å²) in [6, 6.07) is 15.9. The molecule has 0 unspecified atom stereocenters. The number of hydrogen-bond acceptors (Lipinski definition) is 4. The van der Waals surface area contributed by atoms with Gasteiger partial charge in [0.15, 0.2) is 12.5 Å². The minimum absolute atomic E-state index is 0.643. The summed E-state index contributed by atoms with van der Waals surface area (Å²) in [4.78, 5) is 1.52. The third kappa shape index (κ3) is 4.21. The molecule has 1 N–H and O–H groups in total. The molecular weight excluding hydrogens is 384 g/mol. The van der Waals surface area contributed by atoms with Gasteiger partial charge in [0.25, 0.3) is 0 Å². The molecule has 4 rings (SSSR count). The molecule has 0 aliphatic carbocycles. The molecule has 3 aromatic rings. The molecule has 1 saturated heterocycles. The van der Waals surface area contributed by atoms with Crippen LogP contribution >= 0.6 is 12.2 Å². The van der Waals surface area contributed by atoms with E-state index in [1.54, 1.807) is 7.11 Å². The third-order valence-electron chi connectivity index (χ3n) is 5.26. The number of ether oxygens (including phenoxy) is 2. The number of likely N-dealkylation sites (tertiary alicyclic amines) is 1. The monoisotopic (exact) mass is 411 g/mol. The number of nitrogens with one attached hydrogen (secondary N) is 1. The summed E-state index contributed by atoms with van der Waals surface area (Å²) in [5.41, 5.74) is 1.94. The van der Waals surface area contributed by atoms with E-state index in [0.717, 1.165) is 35.2 Å². The SMILES string of the molecule is CCOc1ccc(-n2c(-c3cccc(OC)c3)nn(C[NH+]3CCCC3)c2=S)cc1. The summed E-state index contributed by atoms with van der Waals surface area (Å²) in [7, 11) is 1.67. The molecule has 6 nitrogen and oxygen atoms in total. The summed E-state index contributed by atoms with van der Waals surface area (Å²) in [5, 5.41) is 4.92. The number of aromatic nitrogens is 3. The maximum Gasteiger partial charge on any atom is 0.207 e. The van der Waals surface area contributed by atoms with E-state index in [1.165, 1.54) is 30.8 Å². The fraction of sp³-hybridized carbons (Fsp3) is 0.364. The van der Waals surface area contributed by atoms with Crippen molar-refractivity contribution in [1.82, 2.24) is 14.3 Å². The minimum atomic E-state index is 0.643. The molecule has 0 bridgehead atoms. The second-order valence-corrected chi connectivity index (χ2v) is 7.58. The normalized spacial score (nSPS) is 14.3. The van der Waals surface area contributed by atoms with Gasteiger partial charge in [-0.25, -0.2) is 0 Å². The first-order valence-electron chi connectivity index (χ1n) is 10.1. The van der Waals surface area contributed by atoms with Crippen molar-refractivity contribution in [3.8, 4) is 28.6 Å².